The number of hydrogen-bond acceptors (Lipinski definition) is 3. The highest BCUT2D eigenvalue weighted by molar-refractivity contribution is 5.99. The zero-order valence-electron chi connectivity index (χ0n) is 17.2. The highest BCUT2D eigenvalue weighted by Gasteiger charge is 2.18. The maximum atomic E-state index is 12.7. The highest BCUT2D eigenvalue weighted by Crippen LogP contribution is 2.20. The van der Waals surface area contributed by atoms with Crippen LogP contribution in [0.3, 0.4) is 0 Å². The van der Waals surface area contributed by atoms with E-state index in [9.17, 15) is 9.59 Å². The average Bonchev–Trinajstić information content (AvgIpc) is 3.01. The number of benzene rings is 2. The van der Waals surface area contributed by atoms with Crippen molar-refractivity contribution >= 4 is 11.8 Å². The summed E-state index contributed by atoms with van der Waals surface area (Å²) in [7, 11) is 0. The lowest BCUT2D eigenvalue weighted by molar-refractivity contribution is -0.142. The first kappa shape index (κ1) is 20.6. The Bertz CT molecular complexity index is 974. The van der Waals surface area contributed by atoms with Crippen molar-refractivity contribution in [2.24, 2.45) is 0 Å². The second kappa shape index (κ2) is 9.37. The van der Waals surface area contributed by atoms with E-state index in [0.29, 0.717) is 12.1 Å². The molecule has 0 radical (unpaired) electrons. The Labute approximate surface area is 172 Å². The summed E-state index contributed by atoms with van der Waals surface area (Å²) in [4.78, 5) is 24.8. The Balaban J connectivity index is 1.59. The highest BCUT2D eigenvalue weighted by atomic mass is 16.5. The first-order valence-corrected chi connectivity index (χ1v) is 9.90. The molecule has 4 nitrogen and oxygen atoms in total. The van der Waals surface area contributed by atoms with Gasteiger partial charge in [0, 0.05) is 23.5 Å². The minimum Gasteiger partial charge on any atom is -0.457 e. The van der Waals surface area contributed by atoms with Crippen LogP contribution < -0.4 is 0 Å². The number of aromatic nitrogens is 1. The van der Waals surface area contributed by atoms with Crippen LogP contribution in [-0.4, -0.2) is 22.9 Å². The number of hydrogen-bond donors (Lipinski definition) is 0. The van der Waals surface area contributed by atoms with Gasteiger partial charge in [-0.2, -0.15) is 0 Å². The Morgan fingerprint density at radius 2 is 1.59 bits per heavy atom. The van der Waals surface area contributed by atoms with Crippen molar-refractivity contribution in [1.29, 1.82) is 0 Å². The largest absolute Gasteiger partial charge is 0.457 e. The van der Waals surface area contributed by atoms with Crippen LogP contribution in [0.4, 0.5) is 0 Å². The first-order chi connectivity index (χ1) is 14.0. The molecule has 0 N–H and O–H groups in total. The summed E-state index contributed by atoms with van der Waals surface area (Å²) in [6, 6.07) is 21.8. The minimum atomic E-state index is -0.354. The fourth-order valence-electron chi connectivity index (χ4n) is 3.52. The molecule has 0 aliphatic heterocycles. The van der Waals surface area contributed by atoms with Crippen LogP contribution in [0.2, 0.25) is 0 Å². The summed E-state index contributed by atoms with van der Waals surface area (Å²) in [5, 5.41) is 0. The molecule has 0 unspecified atom stereocenters. The maximum absolute atomic E-state index is 12.7. The third-order valence-electron chi connectivity index (χ3n) is 5.26. The first-order valence-electron chi connectivity index (χ1n) is 9.90. The number of esters is 1. The van der Waals surface area contributed by atoms with E-state index in [0.717, 1.165) is 17.0 Å². The molecule has 3 rings (SSSR count). The number of ether oxygens (including phenoxy) is 1. The third kappa shape index (κ3) is 5.23. The lowest BCUT2D eigenvalue weighted by Gasteiger charge is -2.12. The second-order valence-electron chi connectivity index (χ2n) is 7.46. The zero-order valence-corrected chi connectivity index (χ0v) is 17.2. The molecule has 2 aromatic carbocycles. The SMILES string of the molecule is Cc1cc(C(=O)COC(=O)C[C@@H](C)c2ccccc2)c(C)n1Cc1ccccc1. The van der Waals surface area contributed by atoms with Crippen molar-refractivity contribution in [3.05, 3.63) is 94.8 Å². The van der Waals surface area contributed by atoms with Gasteiger partial charge in [-0.15, -0.1) is 0 Å². The molecule has 3 aromatic rings. The molecule has 0 amide bonds. The van der Waals surface area contributed by atoms with E-state index in [1.54, 1.807) is 0 Å². The molecule has 0 fully saturated rings. The Morgan fingerprint density at radius 3 is 2.24 bits per heavy atom. The Kier molecular flexibility index (Phi) is 6.65. The smallest absolute Gasteiger partial charge is 0.306 e. The standard InChI is InChI=1S/C25H27NO3/c1-18(22-12-8-5-9-13-22)14-25(28)29-17-24(27)23-15-19(2)26(20(23)3)16-21-10-6-4-7-11-21/h4-13,15,18H,14,16-17H2,1-3H3/t18-/m1/s1. The van der Waals surface area contributed by atoms with E-state index < -0.39 is 0 Å². The van der Waals surface area contributed by atoms with E-state index in [4.69, 9.17) is 4.74 Å². The van der Waals surface area contributed by atoms with Crippen molar-refractivity contribution in [2.45, 2.75) is 39.7 Å². The molecular weight excluding hydrogens is 362 g/mol. The number of carbonyl (C=O) groups excluding carboxylic acids is 2. The number of rotatable bonds is 8. The van der Waals surface area contributed by atoms with Crippen LogP contribution in [-0.2, 0) is 16.1 Å². The fraction of sp³-hybridized carbons (Fsp3) is 0.280. The molecule has 0 aliphatic carbocycles. The topological polar surface area (TPSA) is 48.3 Å². The van der Waals surface area contributed by atoms with Gasteiger partial charge in [-0.25, -0.2) is 0 Å². The molecule has 150 valence electrons. The van der Waals surface area contributed by atoms with Gasteiger partial charge in [0.1, 0.15) is 0 Å². The normalized spacial score (nSPS) is 11.8. The lowest BCUT2D eigenvalue weighted by atomic mass is 9.98. The summed E-state index contributed by atoms with van der Waals surface area (Å²) in [5.41, 5.74) is 4.78. The molecule has 1 atom stereocenters. The lowest BCUT2D eigenvalue weighted by Crippen LogP contribution is -2.16. The van der Waals surface area contributed by atoms with Crippen LogP contribution in [0.15, 0.2) is 66.7 Å². The van der Waals surface area contributed by atoms with Gasteiger partial charge in [-0.05, 0) is 37.0 Å². The molecule has 0 bridgehead atoms. The summed E-state index contributed by atoms with van der Waals surface area (Å²) in [6.07, 6.45) is 0.254. The predicted molar refractivity (Wildman–Crippen MR) is 114 cm³/mol. The van der Waals surface area contributed by atoms with Crippen LogP contribution in [0.5, 0.6) is 0 Å². The molecule has 0 saturated carbocycles. The Morgan fingerprint density at radius 1 is 0.966 bits per heavy atom. The second-order valence-corrected chi connectivity index (χ2v) is 7.46. The summed E-state index contributed by atoms with van der Waals surface area (Å²) in [5.74, 6) is -0.472. The molecule has 0 saturated heterocycles. The van der Waals surface area contributed by atoms with Gasteiger partial charge in [0.05, 0.1) is 6.42 Å². The monoisotopic (exact) mass is 389 g/mol. The van der Waals surface area contributed by atoms with Crippen molar-refractivity contribution in [3.63, 3.8) is 0 Å². The summed E-state index contributed by atoms with van der Waals surface area (Å²) >= 11 is 0. The number of carbonyl (C=O) groups is 2. The molecule has 4 heteroatoms. The quantitative estimate of drug-likeness (QED) is 0.399. The van der Waals surface area contributed by atoms with Gasteiger partial charge in [-0.3, -0.25) is 9.59 Å². The number of ketones is 1. The average molecular weight is 389 g/mol. The van der Waals surface area contributed by atoms with Gasteiger partial charge >= 0.3 is 5.97 Å². The van der Waals surface area contributed by atoms with Crippen LogP contribution in [0, 0.1) is 13.8 Å². The van der Waals surface area contributed by atoms with Gasteiger partial charge in [0.25, 0.3) is 0 Å². The van der Waals surface area contributed by atoms with Crippen molar-refractivity contribution in [1.82, 2.24) is 4.57 Å². The zero-order chi connectivity index (χ0) is 20.8. The Hall–Kier alpha value is -3.14. The van der Waals surface area contributed by atoms with Crippen LogP contribution in [0.1, 0.15) is 52.1 Å². The van der Waals surface area contributed by atoms with Gasteiger partial charge < -0.3 is 9.30 Å². The van der Waals surface area contributed by atoms with Crippen molar-refractivity contribution in [3.8, 4) is 0 Å². The number of aryl methyl sites for hydroxylation is 1. The summed E-state index contributed by atoms with van der Waals surface area (Å²) in [6.45, 7) is 6.38. The third-order valence-corrected chi connectivity index (χ3v) is 5.26. The molecular formula is C25H27NO3. The van der Waals surface area contributed by atoms with Gasteiger partial charge in [0.15, 0.2) is 6.61 Å². The van der Waals surface area contributed by atoms with E-state index in [-0.39, 0.29) is 30.7 Å². The van der Waals surface area contributed by atoms with Crippen molar-refractivity contribution in [2.75, 3.05) is 6.61 Å². The predicted octanol–water partition coefficient (Wildman–Crippen LogP) is 5.07. The molecule has 0 spiro atoms. The van der Waals surface area contributed by atoms with Crippen LogP contribution in [0.25, 0.3) is 0 Å². The van der Waals surface area contributed by atoms with Gasteiger partial charge in [0.2, 0.25) is 5.78 Å². The van der Waals surface area contributed by atoms with E-state index >= 15 is 0 Å². The van der Waals surface area contributed by atoms with E-state index in [1.165, 1.54) is 5.56 Å². The van der Waals surface area contributed by atoms with E-state index in [2.05, 4.69) is 16.7 Å². The van der Waals surface area contributed by atoms with Crippen molar-refractivity contribution < 1.29 is 14.3 Å². The molecule has 0 aliphatic rings. The maximum Gasteiger partial charge on any atom is 0.306 e. The number of nitrogens with zero attached hydrogens (tertiary/aromatic N) is 1. The van der Waals surface area contributed by atoms with Crippen LogP contribution >= 0.6 is 0 Å². The molecule has 1 heterocycles. The van der Waals surface area contributed by atoms with E-state index in [1.807, 2.05) is 75.4 Å². The molecule has 1 aromatic heterocycles. The van der Waals surface area contributed by atoms with Gasteiger partial charge in [-0.1, -0.05) is 67.6 Å². The molecule has 29 heavy (non-hydrogen) atoms. The minimum absolute atomic E-state index is 0.0507. The number of Topliss-reactive ketones (excluding diaryl/α,β-unsaturated/α-hetero) is 1. The fourth-order valence-corrected chi connectivity index (χ4v) is 3.52. The summed E-state index contributed by atoms with van der Waals surface area (Å²) < 4.78 is 7.39.